The molecule has 0 aliphatic rings. The third kappa shape index (κ3) is 3.82. The van der Waals surface area contributed by atoms with Crippen LogP contribution in [0.1, 0.15) is 33.5 Å². The van der Waals surface area contributed by atoms with Gasteiger partial charge in [0, 0.05) is 11.1 Å². The Hall–Kier alpha value is -3.13. The Morgan fingerprint density at radius 2 is 1.90 bits per heavy atom. The van der Waals surface area contributed by atoms with Crippen molar-refractivity contribution in [2.75, 3.05) is 0 Å². The van der Waals surface area contributed by atoms with E-state index in [2.05, 4.69) is 10.3 Å². The molecule has 0 saturated heterocycles. The topological polar surface area (TPSA) is 46.4 Å². The van der Waals surface area contributed by atoms with Crippen molar-refractivity contribution in [3.8, 4) is 11.1 Å². The normalized spacial score (nSPS) is 11.7. The summed E-state index contributed by atoms with van der Waals surface area (Å²) in [4.78, 5) is 17.8. The number of aromatic nitrogens is 2. The van der Waals surface area contributed by atoms with Crippen LogP contribution in [0.3, 0.4) is 0 Å². The van der Waals surface area contributed by atoms with E-state index in [0.29, 0.717) is 29.8 Å². The van der Waals surface area contributed by atoms with E-state index < -0.39 is 17.6 Å². The molecule has 0 aliphatic carbocycles. The number of nitrogens with one attached hydrogen (secondary N) is 1. The fourth-order valence-corrected chi connectivity index (χ4v) is 4.02. The average Bonchev–Trinajstić information content (AvgIpc) is 3.38. The van der Waals surface area contributed by atoms with E-state index in [4.69, 9.17) is 0 Å². The number of benzene rings is 1. The lowest BCUT2D eigenvalue weighted by molar-refractivity contribution is -0.136. The molecule has 154 valence electrons. The lowest BCUT2D eigenvalue weighted by Gasteiger charge is -2.12. The Morgan fingerprint density at radius 1 is 1.13 bits per heavy atom. The van der Waals surface area contributed by atoms with Crippen LogP contribution in [0, 0.1) is 0 Å². The van der Waals surface area contributed by atoms with Gasteiger partial charge in [0.25, 0.3) is 5.91 Å². The van der Waals surface area contributed by atoms with Crippen LogP contribution in [-0.4, -0.2) is 15.3 Å². The minimum Gasteiger partial charge on any atom is -0.346 e. The number of halogens is 3. The fraction of sp³-hybridized carbons (Fsp3) is 0.182. The first kappa shape index (κ1) is 20.2. The quantitative estimate of drug-likeness (QED) is 0.451. The van der Waals surface area contributed by atoms with Crippen LogP contribution in [-0.2, 0) is 19.1 Å². The van der Waals surface area contributed by atoms with E-state index in [9.17, 15) is 18.0 Å². The summed E-state index contributed by atoms with van der Waals surface area (Å²) in [7, 11) is 0. The van der Waals surface area contributed by atoms with Gasteiger partial charge in [0.05, 0.1) is 17.8 Å². The van der Waals surface area contributed by atoms with Gasteiger partial charge in [0.2, 0.25) is 0 Å². The van der Waals surface area contributed by atoms with Gasteiger partial charge in [-0.1, -0.05) is 43.3 Å². The summed E-state index contributed by atoms with van der Waals surface area (Å²) in [6.45, 7) is 2.09. The number of thiophene rings is 1. The summed E-state index contributed by atoms with van der Waals surface area (Å²) in [5, 5.41) is 4.65. The van der Waals surface area contributed by atoms with E-state index in [-0.39, 0.29) is 11.3 Å². The molecule has 0 aliphatic heterocycles. The van der Waals surface area contributed by atoms with Gasteiger partial charge in [-0.3, -0.25) is 4.79 Å². The molecule has 0 radical (unpaired) electrons. The Balaban J connectivity index is 1.84. The molecule has 3 aromatic heterocycles. The zero-order valence-corrected chi connectivity index (χ0v) is 16.8. The first-order valence-corrected chi connectivity index (χ1v) is 10.2. The van der Waals surface area contributed by atoms with Gasteiger partial charge in [-0.05, 0) is 35.1 Å². The average molecular weight is 429 g/mol. The van der Waals surface area contributed by atoms with Crippen LogP contribution in [0.4, 0.5) is 13.2 Å². The summed E-state index contributed by atoms with van der Waals surface area (Å²) in [5.74, 6) is -0.488. The Morgan fingerprint density at radius 3 is 2.53 bits per heavy atom. The number of amides is 1. The number of alkyl halides is 3. The highest BCUT2D eigenvalue weighted by Crippen LogP contribution is 2.36. The van der Waals surface area contributed by atoms with Gasteiger partial charge in [0.15, 0.2) is 0 Å². The van der Waals surface area contributed by atoms with Crippen LogP contribution in [0.15, 0.2) is 60.1 Å². The standard InChI is InChI=1S/C22H18F3N3OS/c1-2-18-19(21(29)26-12-16-9-6-10-30-16)27-20-17(22(23,24)25)11-15(13-28(18)20)14-7-4-3-5-8-14/h3-11,13H,2,12H2,1H3,(H,26,29). The smallest absolute Gasteiger partial charge is 0.346 e. The van der Waals surface area contributed by atoms with Crippen LogP contribution in [0.2, 0.25) is 0 Å². The molecule has 4 rings (SSSR count). The Bertz CT molecular complexity index is 1180. The van der Waals surface area contributed by atoms with Gasteiger partial charge in [-0.15, -0.1) is 11.3 Å². The number of imidazole rings is 1. The Labute approximate surface area is 175 Å². The van der Waals surface area contributed by atoms with Gasteiger partial charge in [-0.25, -0.2) is 4.98 Å². The van der Waals surface area contributed by atoms with Gasteiger partial charge < -0.3 is 9.72 Å². The SMILES string of the molecule is CCc1c(C(=O)NCc2cccs2)nc2c(C(F)(F)F)cc(-c3ccccc3)cn12. The maximum atomic E-state index is 13.8. The maximum Gasteiger partial charge on any atom is 0.420 e. The van der Waals surface area contributed by atoms with Crippen molar-refractivity contribution in [1.82, 2.24) is 14.7 Å². The Kier molecular flexibility index (Phi) is 5.34. The fourth-order valence-electron chi connectivity index (χ4n) is 3.37. The van der Waals surface area contributed by atoms with Crippen molar-refractivity contribution in [2.24, 2.45) is 0 Å². The highest BCUT2D eigenvalue weighted by Gasteiger charge is 2.36. The molecule has 1 aromatic carbocycles. The third-order valence-corrected chi connectivity index (χ3v) is 5.66. The van der Waals surface area contributed by atoms with Gasteiger partial charge in [-0.2, -0.15) is 13.2 Å². The summed E-state index contributed by atoms with van der Waals surface area (Å²) in [5.41, 5.74) is 0.398. The molecule has 0 saturated carbocycles. The first-order chi connectivity index (χ1) is 14.4. The highest BCUT2D eigenvalue weighted by atomic mass is 32.1. The lowest BCUT2D eigenvalue weighted by Crippen LogP contribution is -2.24. The number of aryl methyl sites for hydroxylation is 1. The van der Waals surface area contributed by atoms with Crippen molar-refractivity contribution in [3.05, 3.63) is 81.9 Å². The van der Waals surface area contributed by atoms with Crippen molar-refractivity contribution < 1.29 is 18.0 Å². The molecule has 1 N–H and O–H groups in total. The van der Waals surface area contributed by atoms with Crippen molar-refractivity contribution >= 4 is 22.9 Å². The summed E-state index contributed by atoms with van der Waals surface area (Å²) in [6, 6.07) is 13.7. The minimum atomic E-state index is -4.60. The van der Waals surface area contributed by atoms with E-state index in [1.54, 1.807) is 43.5 Å². The monoisotopic (exact) mass is 429 g/mol. The second-order valence-corrected chi connectivity index (χ2v) is 7.75. The molecule has 0 unspecified atom stereocenters. The zero-order chi connectivity index (χ0) is 21.3. The molecule has 4 nitrogen and oxygen atoms in total. The number of carbonyl (C=O) groups is 1. The van der Waals surface area contributed by atoms with Crippen molar-refractivity contribution in [1.29, 1.82) is 0 Å². The van der Waals surface area contributed by atoms with Gasteiger partial charge in [0.1, 0.15) is 11.3 Å². The minimum absolute atomic E-state index is 0.0183. The molecule has 8 heteroatoms. The predicted molar refractivity (Wildman–Crippen MR) is 110 cm³/mol. The largest absolute Gasteiger partial charge is 0.420 e. The van der Waals surface area contributed by atoms with Gasteiger partial charge >= 0.3 is 6.18 Å². The summed E-state index contributed by atoms with van der Waals surface area (Å²) in [6.07, 6.45) is -2.63. The third-order valence-electron chi connectivity index (χ3n) is 4.78. The van der Waals surface area contributed by atoms with Crippen LogP contribution >= 0.6 is 11.3 Å². The zero-order valence-electron chi connectivity index (χ0n) is 16.0. The molecule has 0 atom stereocenters. The number of hydrogen-bond donors (Lipinski definition) is 1. The first-order valence-electron chi connectivity index (χ1n) is 9.36. The number of hydrogen-bond acceptors (Lipinski definition) is 3. The molecule has 0 fully saturated rings. The molecule has 0 bridgehead atoms. The lowest BCUT2D eigenvalue weighted by atomic mass is 10.1. The maximum absolute atomic E-state index is 13.8. The molecule has 0 spiro atoms. The van der Waals surface area contributed by atoms with Crippen LogP contribution in [0.5, 0.6) is 0 Å². The van der Waals surface area contributed by atoms with E-state index in [0.717, 1.165) is 10.9 Å². The van der Waals surface area contributed by atoms with E-state index in [1.165, 1.54) is 15.7 Å². The molecule has 3 heterocycles. The number of fused-ring (bicyclic) bond motifs is 1. The second kappa shape index (κ2) is 7.95. The van der Waals surface area contributed by atoms with E-state index >= 15 is 0 Å². The molecular formula is C22H18F3N3OS. The molecular weight excluding hydrogens is 411 g/mol. The number of carbonyl (C=O) groups excluding carboxylic acids is 1. The molecule has 30 heavy (non-hydrogen) atoms. The summed E-state index contributed by atoms with van der Waals surface area (Å²) >= 11 is 1.49. The van der Waals surface area contributed by atoms with Crippen LogP contribution in [0.25, 0.3) is 16.8 Å². The molecule has 1 amide bonds. The van der Waals surface area contributed by atoms with Crippen LogP contribution < -0.4 is 5.32 Å². The highest BCUT2D eigenvalue weighted by molar-refractivity contribution is 7.09. The molecule has 4 aromatic rings. The van der Waals surface area contributed by atoms with Crippen molar-refractivity contribution in [2.45, 2.75) is 26.1 Å². The number of nitrogens with zero attached hydrogens (tertiary/aromatic N) is 2. The second-order valence-electron chi connectivity index (χ2n) is 6.72. The predicted octanol–water partition coefficient (Wildman–Crippen LogP) is 5.57. The van der Waals surface area contributed by atoms with E-state index in [1.807, 2.05) is 17.5 Å². The summed E-state index contributed by atoms with van der Waals surface area (Å²) < 4.78 is 42.9. The number of rotatable bonds is 5. The van der Waals surface area contributed by atoms with Crippen molar-refractivity contribution in [3.63, 3.8) is 0 Å². The number of pyridine rings is 1.